The van der Waals surface area contributed by atoms with Gasteiger partial charge in [-0.3, -0.25) is 4.79 Å². The Morgan fingerprint density at radius 3 is 2.80 bits per heavy atom. The molecule has 4 nitrogen and oxygen atoms in total. The molecule has 1 unspecified atom stereocenters. The maximum atomic E-state index is 11.3. The van der Waals surface area contributed by atoms with Gasteiger partial charge in [0.05, 0.1) is 6.54 Å². The van der Waals surface area contributed by atoms with Gasteiger partial charge in [0.1, 0.15) is 5.60 Å². The van der Waals surface area contributed by atoms with Gasteiger partial charge >= 0.3 is 5.97 Å². The topological polar surface area (TPSA) is 50.4 Å². The molecule has 0 aliphatic carbocycles. The van der Waals surface area contributed by atoms with Crippen LogP contribution < -0.4 is 10.6 Å². The molecule has 0 spiro atoms. The maximum absolute atomic E-state index is 11.3. The average Bonchev–Trinajstić information content (AvgIpc) is 2.53. The Labute approximate surface area is 91.8 Å². The molecule has 0 radical (unpaired) electrons. The smallest absolute Gasteiger partial charge is 0.320 e. The fourth-order valence-corrected chi connectivity index (χ4v) is 1.66. The summed E-state index contributed by atoms with van der Waals surface area (Å²) in [6, 6.07) is 0.521. The molecule has 2 N–H and O–H groups in total. The highest BCUT2D eigenvalue weighted by molar-refractivity contribution is 5.72. The lowest BCUT2D eigenvalue weighted by atomic mass is 10.2. The summed E-state index contributed by atoms with van der Waals surface area (Å²) < 4.78 is 5.18. The van der Waals surface area contributed by atoms with Crippen LogP contribution in [0.15, 0.2) is 0 Å². The SMILES string of the molecule is CC(C)(C)OC(=O)CNCC1CCCN1. The van der Waals surface area contributed by atoms with Crippen LogP contribution in [-0.2, 0) is 9.53 Å². The van der Waals surface area contributed by atoms with E-state index in [4.69, 9.17) is 4.74 Å². The second kappa shape index (κ2) is 5.47. The van der Waals surface area contributed by atoms with Gasteiger partial charge in [-0.2, -0.15) is 0 Å². The van der Waals surface area contributed by atoms with Crippen LogP contribution in [0.1, 0.15) is 33.6 Å². The number of ether oxygens (including phenoxy) is 1. The lowest BCUT2D eigenvalue weighted by Gasteiger charge is -2.20. The molecular weight excluding hydrogens is 192 g/mol. The van der Waals surface area contributed by atoms with Gasteiger partial charge in [0.2, 0.25) is 0 Å². The maximum Gasteiger partial charge on any atom is 0.320 e. The van der Waals surface area contributed by atoms with E-state index in [-0.39, 0.29) is 11.6 Å². The molecule has 0 aromatic rings. The lowest BCUT2D eigenvalue weighted by molar-refractivity contribution is -0.153. The van der Waals surface area contributed by atoms with E-state index in [1.54, 1.807) is 0 Å². The van der Waals surface area contributed by atoms with Gasteiger partial charge in [-0.1, -0.05) is 0 Å². The molecule has 0 bridgehead atoms. The first-order chi connectivity index (χ1) is 6.97. The summed E-state index contributed by atoms with van der Waals surface area (Å²) in [6.45, 7) is 7.88. The predicted octanol–water partition coefficient (Wildman–Crippen LogP) is 0.670. The first-order valence-electron chi connectivity index (χ1n) is 5.63. The van der Waals surface area contributed by atoms with Crippen molar-refractivity contribution >= 4 is 5.97 Å². The Bertz CT molecular complexity index is 205. The zero-order valence-electron chi connectivity index (χ0n) is 9.93. The van der Waals surface area contributed by atoms with E-state index >= 15 is 0 Å². The van der Waals surface area contributed by atoms with E-state index < -0.39 is 0 Å². The van der Waals surface area contributed by atoms with Crippen LogP contribution >= 0.6 is 0 Å². The molecule has 88 valence electrons. The van der Waals surface area contributed by atoms with Crippen LogP contribution in [0.4, 0.5) is 0 Å². The van der Waals surface area contributed by atoms with Crippen molar-refractivity contribution in [2.24, 2.45) is 0 Å². The van der Waals surface area contributed by atoms with E-state index in [1.807, 2.05) is 20.8 Å². The summed E-state index contributed by atoms with van der Waals surface area (Å²) in [4.78, 5) is 11.3. The largest absolute Gasteiger partial charge is 0.459 e. The Morgan fingerprint density at radius 2 is 2.27 bits per heavy atom. The van der Waals surface area contributed by atoms with Gasteiger partial charge < -0.3 is 15.4 Å². The van der Waals surface area contributed by atoms with Gasteiger partial charge in [-0.25, -0.2) is 0 Å². The monoisotopic (exact) mass is 214 g/mol. The normalized spacial score (nSPS) is 21.7. The van der Waals surface area contributed by atoms with Crippen molar-refractivity contribution in [2.75, 3.05) is 19.6 Å². The number of esters is 1. The zero-order chi connectivity index (χ0) is 11.3. The summed E-state index contributed by atoms with van der Waals surface area (Å²) in [5.41, 5.74) is -0.385. The highest BCUT2D eigenvalue weighted by Crippen LogP contribution is 2.06. The summed E-state index contributed by atoms with van der Waals surface area (Å²) in [5, 5.41) is 6.48. The van der Waals surface area contributed by atoms with Gasteiger partial charge in [0.25, 0.3) is 0 Å². The molecule has 0 aromatic carbocycles. The standard InChI is InChI=1S/C11H22N2O2/c1-11(2,3)15-10(14)8-12-7-9-5-4-6-13-9/h9,12-13H,4-8H2,1-3H3. The highest BCUT2D eigenvalue weighted by Gasteiger charge is 2.17. The van der Waals surface area contributed by atoms with Crippen LogP contribution in [0.2, 0.25) is 0 Å². The van der Waals surface area contributed by atoms with Crippen LogP contribution in [0.3, 0.4) is 0 Å². The van der Waals surface area contributed by atoms with E-state index in [9.17, 15) is 4.79 Å². The van der Waals surface area contributed by atoms with Gasteiger partial charge in [0, 0.05) is 12.6 Å². The molecular formula is C11H22N2O2. The molecule has 1 rings (SSSR count). The van der Waals surface area contributed by atoms with Gasteiger partial charge in [-0.15, -0.1) is 0 Å². The number of rotatable bonds is 4. The Morgan fingerprint density at radius 1 is 1.53 bits per heavy atom. The molecule has 15 heavy (non-hydrogen) atoms. The number of carbonyl (C=O) groups excluding carboxylic acids is 1. The molecule has 0 saturated carbocycles. The van der Waals surface area contributed by atoms with Crippen LogP contribution in [0, 0.1) is 0 Å². The minimum atomic E-state index is -0.385. The molecule has 0 aromatic heterocycles. The van der Waals surface area contributed by atoms with Crippen molar-refractivity contribution in [1.82, 2.24) is 10.6 Å². The van der Waals surface area contributed by atoms with Crippen molar-refractivity contribution in [3.8, 4) is 0 Å². The molecule has 1 atom stereocenters. The quantitative estimate of drug-likeness (QED) is 0.675. The number of nitrogens with one attached hydrogen (secondary N) is 2. The lowest BCUT2D eigenvalue weighted by Crippen LogP contribution is -2.38. The Kier molecular flexibility index (Phi) is 4.54. The third-order valence-corrected chi connectivity index (χ3v) is 2.24. The molecule has 0 amide bonds. The minimum absolute atomic E-state index is 0.180. The fourth-order valence-electron chi connectivity index (χ4n) is 1.66. The molecule has 4 heteroatoms. The first-order valence-corrected chi connectivity index (χ1v) is 5.63. The van der Waals surface area contributed by atoms with E-state index in [0.717, 1.165) is 13.1 Å². The van der Waals surface area contributed by atoms with Crippen molar-refractivity contribution in [2.45, 2.75) is 45.3 Å². The third kappa shape index (κ3) is 5.74. The summed E-state index contributed by atoms with van der Waals surface area (Å²) in [6.07, 6.45) is 2.43. The molecule has 1 heterocycles. The zero-order valence-corrected chi connectivity index (χ0v) is 9.93. The number of hydrogen-bond acceptors (Lipinski definition) is 4. The first kappa shape index (κ1) is 12.5. The Hall–Kier alpha value is -0.610. The Balaban J connectivity index is 2.06. The number of carbonyl (C=O) groups is 1. The van der Waals surface area contributed by atoms with E-state index in [1.165, 1.54) is 12.8 Å². The summed E-state index contributed by atoms with van der Waals surface area (Å²) in [7, 11) is 0. The van der Waals surface area contributed by atoms with Crippen molar-refractivity contribution in [1.29, 1.82) is 0 Å². The van der Waals surface area contributed by atoms with E-state index in [0.29, 0.717) is 12.6 Å². The molecule has 1 aliphatic heterocycles. The van der Waals surface area contributed by atoms with Crippen molar-refractivity contribution in [3.63, 3.8) is 0 Å². The molecule has 1 aliphatic rings. The molecule has 1 saturated heterocycles. The average molecular weight is 214 g/mol. The minimum Gasteiger partial charge on any atom is -0.459 e. The van der Waals surface area contributed by atoms with Crippen LogP contribution in [-0.4, -0.2) is 37.2 Å². The second-order valence-electron chi connectivity index (χ2n) is 5.01. The third-order valence-electron chi connectivity index (χ3n) is 2.24. The highest BCUT2D eigenvalue weighted by atomic mass is 16.6. The van der Waals surface area contributed by atoms with Gasteiger partial charge in [0.15, 0.2) is 0 Å². The van der Waals surface area contributed by atoms with E-state index in [2.05, 4.69) is 10.6 Å². The summed E-state index contributed by atoms with van der Waals surface area (Å²) >= 11 is 0. The number of hydrogen-bond donors (Lipinski definition) is 2. The second-order valence-corrected chi connectivity index (χ2v) is 5.01. The molecule has 1 fully saturated rings. The van der Waals surface area contributed by atoms with Crippen molar-refractivity contribution in [3.05, 3.63) is 0 Å². The summed E-state index contributed by atoms with van der Waals surface area (Å²) in [5.74, 6) is -0.180. The van der Waals surface area contributed by atoms with Crippen molar-refractivity contribution < 1.29 is 9.53 Å². The van der Waals surface area contributed by atoms with Crippen LogP contribution in [0.25, 0.3) is 0 Å². The van der Waals surface area contributed by atoms with Crippen LogP contribution in [0.5, 0.6) is 0 Å². The van der Waals surface area contributed by atoms with Gasteiger partial charge in [-0.05, 0) is 40.2 Å². The fraction of sp³-hybridized carbons (Fsp3) is 0.909. The predicted molar refractivity (Wildman–Crippen MR) is 59.7 cm³/mol.